The third kappa shape index (κ3) is 3.16. The number of carbonyl (C=O) groups is 2. The zero-order valence-corrected chi connectivity index (χ0v) is 14.9. The molecule has 0 bridgehead atoms. The van der Waals surface area contributed by atoms with Crippen LogP contribution in [-0.4, -0.2) is 31.7 Å². The number of carbonyl (C=O) groups excluding carboxylic acids is 2. The van der Waals surface area contributed by atoms with Crippen LogP contribution >= 0.6 is 0 Å². The third-order valence-electron chi connectivity index (χ3n) is 4.66. The third-order valence-corrected chi connectivity index (χ3v) is 4.66. The minimum absolute atomic E-state index is 0.0630. The minimum atomic E-state index is -0.728. The number of rotatable bonds is 4. The van der Waals surface area contributed by atoms with Gasteiger partial charge in [-0.1, -0.05) is 42.5 Å². The van der Waals surface area contributed by atoms with Gasteiger partial charge in [0.2, 0.25) is 0 Å². The van der Waals surface area contributed by atoms with Gasteiger partial charge >= 0.3 is 0 Å². The molecular weight excluding hydrogens is 354 g/mol. The van der Waals surface area contributed by atoms with E-state index < -0.39 is 17.7 Å². The lowest BCUT2D eigenvalue weighted by molar-refractivity contribution is -0.140. The van der Waals surface area contributed by atoms with E-state index in [2.05, 4.69) is 9.97 Å². The Morgan fingerprint density at radius 2 is 1.64 bits per heavy atom. The Labute approximate surface area is 161 Å². The summed E-state index contributed by atoms with van der Waals surface area (Å²) < 4.78 is 0. The number of aliphatic hydroxyl groups is 1. The second-order valence-electron chi connectivity index (χ2n) is 6.44. The van der Waals surface area contributed by atoms with E-state index >= 15 is 0 Å². The highest BCUT2D eigenvalue weighted by molar-refractivity contribution is 6.46. The van der Waals surface area contributed by atoms with Gasteiger partial charge in [-0.2, -0.15) is 0 Å². The molecular formula is C22H17N3O3. The van der Waals surface area contributed by atoms with Crippen molar-refractivity contribution in [1.29, 1.82) is 0 Å². The average molecular weight is 371 g/mol. The number of hydrogen-bond donors (Lipinski definition) is 1. The van der Waals surface area contributed by atoms with E-state index in [0.717, 1.165) is 5.56 Å². The van der Waals surface area contributed by atoms with Crippen LogP contribution in [0, 0.1) is 0 Å². The van der Waals surface area contributed by atoms with E-state index in [9.17, 15) is 14.7 Å². The fourth-order valence-corrected chi connectivity index (χ4v) is 3.37. The van der Waals surface area contributed by atoms with Crippen LogP contribution in [0.25, 0.3) is 5.76 Å². The molecule has 1 aromatic carbocycles. The number of likely N-dealkylation sites (tertiary alicyclic amines) is 1. The number of ketones is 1. The molecule has 138 valence electrons. The Bertz CT molecular complexity index is 1030. The maximum atomic E-state index is 12.9. The molecule has 6 nitrogen and oxygen atoms in total. The molecule has 6 heteroatoms. The number of benzene rings is 1. The predicted molar refractivity (Wildman–Crippen MR) is 103 cm³/mol. The van der Waals surface area contributed by atoms with Crippen molar-refractivity contribution >= 4 is 17.4 Å². The number of hydrogen-bond acceptors (Lipinski definition) is 5. The van der Waals surface area contributed by atoms with Gasteiger partial charge in [0.1, 0.15) is 5.76 Å². The van der Waals surface area contributed by atoms with Gasteiger partial charge in [0.15, 0.2) is 0 Å². The highest BCUT2D eigenvalue weighted by atomic mass is 16.3. The first-order chi connectivity index (χ1) is 13.7. The molecule has 28 heavy (non-hydrogen) atoms. The molecule has 1 saturated heterocycles. The maximum Gasteiger partial charge on any atom is 0.295 e. The standard InChI is InChI=1S/C22H17N3O3/c26-20(16-7-2-1-3-8-16)18-19(17-9-5-11-24-13-17)25(22(28)21(18)27)14-15-6-4-10-23-12-15/h1-13,19,26H,14H2/t19-/m1/s1. The lowest BCUT2D eigenvalue weighted by Crippen LogP contribution is -2.29. The molecule has 4 rings (SSSR count). The summed E-state index contributed by atoms with van der Waals surface area (Å²) in [6.07, 6.45) is 6.52. The summed E-state index contributed by atoms with van der Waals surface area (Å²) in [6.45, 7) is 0.198. The largest absolute Gasteiger partial charge is 0.507 e. The van der Waals surface area contributed by atoms with Crippen LogP contribution in [0.2, 0.25) is 0 Å². The number of amides is 1. The van der Waals surface area contributed by atoms with Crippen molar-refractivity contribution < 1.29 is 14.7 Å². The van der Waals surface area contributed by atoms with Crippen LogP contribution in [0.1, 0.15) is 22.7 Å². The van der Waals surface area contributed by atoms with Crippen LogP contribution in [0.5, 0.6) is 0 Å². The highest BCUT2D eigenvalue weighted by Crippen LogP contribution is 2.39. The van der Waals surface area contributed by atoms with Crippen LogP contribution in [0.4, 0.5) is 0 Å². The molecule has 2 aromatic heterocycles. The lowest BCUT2D eigenvalue weighted by Gasteiger charge is -2.25. The Morgan fingerprint density at radius 1 is 0.929 bits per heavy atom. The van der Waals surface area contributed by atoms with Gasteiger partial charge in [-0.15, -0.1) is 0 Å². The van der Waals surface area contributed by atoms with Crippen LogP contribution in [0.15, 0.2) is 85.0 Å². The highest BCUT2D eigenvalue weighted by Gasteiger charge is 2.46. The van der Waals surface area contributed by atoms with E-state index in [1.54, 1.807) is 67.3 Å². The first-order valence-corrected chi connectivity index (χ1v) is 8.79. The van der Waals surface area contributed by atoms with E-state index in [4.69, 9.17) is 0 Å². The smallest absolute Gasteiger partial charge is 0.295 e. The van der Waals surface area contributed by atoms with Gasteiger partial charge < -0.3 is 10.0 Å². The Kier molecular flexibility index (Phi) is 4.68. The summed E-state index contributed by atoms with van der Waals surface area (Å²) >= 11 is 0. The fraction of sp³-hybridized carbons (Fsp3) is 0.0909. The Morgan fingerprint density at radius 3 is 2.29 bits per heavy atom. The zero-order valence-electron chi connectivity index (χ0n) is 14.9. The van der Waals surface area contributed by atoms with Gasteiger partial charge in [-0.3, -0.25) is 19.6 Å². The number of Topliss-reactive ketones (excluding diaryl/α,β-unsaturated/α-hetero) is 1. The van der Waals surface area contributed by atoms with Gasteiger partial charge in [0.05, 0.1) is 11.6 Å². The lowest BCUT2D eigenvalue weighted by atomic mass is 9.96. The molecule has 0 saturated carbocycles. The first-order valence-electron chi connectivity index (χ1n) is 8.79. The quantitative estimate of drug-likeness (QED) is 0.433. The van der Waals surface area contributed by atoms with Crippen molar-refractivity contribution in [1.82, 2.24) is 14.9 Å². The molecule has 3 heterocycles. The molecule has 0 aliphatic carbocycles. The summed E-state index contributed by atoms with van der Waals surface area (Å²) in [7, 11) is 0. The summed E-state index contributed by atoms with van der Waals surface area (Å²) in [5, 5.41) is 10.9. The van der Waals surface area contributed by atoms with Gasteiger partial charge in [0.25, 0.3) is 11.7 Å². The molecule has 1 aliphatic rings. The number of aromatic nitrogens is 2. The monoisotopic (exact) mass is 371 g/mol. The van der Waals surface area contributed by atoms with Crippen LogP contribution in [0.3, 0.4) is 0 Å². The summed E-state index contributed by atoms with van der Waals surface area (Å²) in [5.74, 6) is -1.56. The van der Waals surface area contributed by atoms with Crippen molar-refractivity contribution in [3.05, 3.63) is 102 Å². The van der Waals surface area contributed by atoms with Crippen molar-refractivity contribution in [2.24, 2.45) is 0 Å². The normalized spacial score (nSPS) is 18.4. The molecule has 1 fully saturated rings. The molecule has 1 atom stereocenters. The topological polar surface area (TPSA) is 83.4 Å². The Balaban J connectivity index is 1.85. The SMILES string of the molecule is O=C1C(=O)N(Cc2cccnc2)[C@H](c2cccnc2)C1=C(O)c1ccccc1. The van der Waals surface area contributed by atoms with E-state index in [1.165, 1.54) is 4.90 Å². The van der Waals surface area contributed by atoms with E-state index in [0.29, 0.717) is 11.1 Å². The van der Waals surface area contributed by atoms with Crippen LogP contribution in [-0.2, 0) is 16.1 Å². The summed E-state index contributed by atoms with van der Waals surface area (Å²) in [6, 6.07) is 15.2. The predicted octanol–water partition coefficient (Wildman–Crippen LogP) is 3.10. The first kappa shape index (κ1) is 17.6. The van der Waals surface area contributed by atoms with Crippen molar-refractivity contribution in [2.45, 2.75) is 12.6 Å². The fourth-order valence-electron chi connectivity index (χ4n) is 3.37. The number of aliphatic hydroxyl groups excluding tert-OH is 1. The minimum Gasteiger partial charge on any atom is -0.507 e. The van der Waals surface area contributed by atoms with Crippen molar-refractivity contribution in [3.63, 3.8) is 0 Å². The van der Waals surface area contributed by atoms with E-state index in [1.807, 2.05) is 12.1 Å². The molecule has 0 unspecified atom stereocenters. The second-order valence-corrected chi connectivity index (χ2v) is 6.44. The summed E-state index contributed by atoms with van der Waals surface area (Å²) in [4.78, 5) is 35.3. The van der Waals surface area contributed by atoms with Gasteiger partial charge in [-0.25, -0.2) is 0 Å². The maximum absolute atomic E-state index is 12.9. The zero-order chi connectivity index (χ0) is 19.5. The van der Waals surface area contributed by atoms with Crippen molar-refractivity contribution in [2.75, 3.05) is 0 Å². The molecule has 1 N–H and O–H groups in total. The molecule has 1 aliphatic heterocycles. The van der Waals surface area contributed by atoms with Gasteiger partial charge in [-0.05, 0) is 23.3 Å². The average Bonchev–Trinajstić information content (AvgIpc) is 3.00. The molecule has 1 amide bonds. The number of nitrogens with zero attached hydrogens (tertiary/aromatic N) is 3. The molecule has 3 aromatic rings. The van der Waals surface area contributed by atoms with E-state index in [-0.39, 0.29) is 17.9 Å². The second kappa shape index (κ2) is 7.44. The summed E-state index contributed by atoms with van der Waals surface area (Å²) in [5.41, 5.74) is 1.99. The molecule has 0 spiro atoms. The van der Waals surface area contributed by atoms with Crippen molar-refractivity contribution in [3.8, 4) is 0 Å². The molecule has 0 radical (unpaired) electrons. The number of pyridine rings is 2. The van der Waals surface area contributed by atoms with Gasteiger partial charge in [0, 0.05) is 36.9 Å². The van der Waals surface area contributed by atoms with Crippen LogP contribution < -0.4 is 0 Å². The Hall–Kier alpha value is -3.80.